The third-order valence-electron chi connectivity index (χ3n) is 4.48. The largest absolute Gasteiger partial charge is 0.493 e. The highest BCUT2D eigenvalue weighted by molar-refractivity contribution is 14.0. The summed E-state index contributed by atoms with van der Waals surface area (Å²) in [7, 11) is 1.63. The number of aliphatic hydroxyl groups is 1. The molecule has 172 valence electrons. The molecule has 8 heteroatoms. The molecule has 0 aliphatic rings. The lowest BCUT2D eigenvalue weighted by molar-refractivity contribution is 0.187. The molecule has 2 rings (SSSR count). The number of nitrogens with zero attached hydrogens (tertiary/aromatic N) is 1. The zero-order valence-corrected chi connectivity index (χ0v) is 20.7. The van der Waals surface area contributed by atoms with Gasteiger partial charge in [0.2, 0.25) is 0 Å². The minimum atomic E-state index is -0.780. The van der Waals surface area contributed by atoms with Gasteiger partial charge >= 0.3 is 0 Å². The fraction of sp³-hybridized carbons (Fsp3) is 0.435. The number of benzene rings is 2. The van der Waals surface area contributed by atoms with Crippen molar-refractivity contribution in [1.29, 1.82) is 0 Å². The van der Waals surface area contributed by atoms with E-state index >= 15 is 0 Å². The molecule has 0 aliphatic carbocycles. The summed E-state index contributed by atoms with van der Waals surface area (Å²) >= 11 is 0. The fourth-order valence-electron chi connectivity index (χ4n) is 2.95. The van der Waals surface area contributed by atoms with Crippen LogP contribution < -0.4 is 20.1 Å². The Bertz CT molecular complexity index is 803. The summed E-state index contributed by atoms with van der Waals surface area (Å²) in [4.78, 5) is 4.43. The van der Waals surface area contributed by atoms with Gasteiger partial charge in [0.15, 0.2) is 17.5 Å². The van der Waals surface area contributed by atoms with Gasteiger partial charge in [-0.2, -0.15) is 0 Å². The van der Waals surface area contributed by atoms with E-state index in [0.717, 1.165) is 30.9 Å². The average molecular weight is 545 g/mol. The molecule has 0 fully saturated rings. The molecule has 2 aromatic rings. The van der Waals surface area contributed by atoms with E-state index in [1.54, 1.807) is 19.2 Å². The number of halogens is 2. The van der Waals surface area contributed by atoms with Gasteiger partial charge in [0.05, 0.1) is 26.4 Å². The Kier molecular flexibility index (Phi) is 12.9. The Morgan fingerprint density at radius 3 is 2.48 bits per heavy atom. The molecule has 0 spiro atoms. The number of aryl methyl sites for hydroxylation is 1. The van der Waals surface area contributed by atoms with Crippen LogP contribution in [0.2, 0.25) is 0 Å². The van der Waals surface area contributed by atoms with Gasteiger partial charge in [-0.1, -0.05) is 18.2 Å². The Balaban J connectivity index is 0.00000480. The lowest BCUT2D eigenvalue weighted by Gasteiger charge is -2.14. The van der Waals surface area contributed by atoms with Gasteiger partial charge in [-0.15, -0.1) is 24.0 Å². The molecule has 0 saturated heterocycles. The summed E-state index contributed by atoms with van der Waals surface area (Å²) in [5.74, 6) is 1.81. The van der Waals surface area contributed by atoms with Crippen LogP contribution in [0.15, 0.2) is 47.5 Å². The number of methoxy groups -OCH3 is 1. The second-order valence-electron chi connectivity index (χ2n) is 6.74. The Morgan fingerprint density at radius 1 is 1.10 bits per heavy atom. The molecule has 0 bridgehead atoms. The summed E-state index contributed by atoms with van der Waals surface area (Å²) in [5, 5.41) is 16.7. The minimum Gasteiger partial charge on any atom is -0.493 e. The number of ether oxygens (including phenoxy) is 2. The molecule has 0 amide bonds. The Hall–Kier alpha value is -2.07. The van der Waals surface area contributed by atoms with Crippen LogP contribution in [0.25, 0.3) is 0 Å². The predicted octanol–water partition coefficient (Wildman–Crippen LogP) is 4.07. The van der Waals surface area contributed by atoms with Crippen molar-refractivity contribution >= 4 is 29.9 Å². The number of aliphatic imine (C=N–C) groups is 1. The van der Waals surface area contributed by atoms with Crippen LogP contribution >= 0.6 is 24.0 Å². The van der Waals surface area contributed by atoms with Crippen LogP contribution in [0, 0.1) is 5.82 Å². The first-order valence-corrected chi connectivity index (χ1v) is 10.3. The highest BCUT2D eigenvalue weighted by atomic mass is 127. The van der Waals surface area contributed by atoms with E-state index < -0.39 is 6.10 Å². The molecule has 3 N–H and O–H groups in total. The molecule has 31 heavy (non-hydrogen) atoms. The summed E-state index contributed by atoms with van der Waals surface area (Å²) < 4.78 is 24.0. The molecule has 2 aromatic carbocycles. The molecule has 0 aromatic heterocycles. The van der Waals surface area contributed by atoms with E-state index in [4.69, 9.17) is 9.47 Å². The van der Waals surface area contributed by atoms with E-state index in [2.05, 4.69) is 15.6 Å². The van der Waals surface area contributed by atoms with Crippen molar-refractivity contribution in [3.8, 4) is 11.5 Å². The van der Waals surface area contributed by atoms with Gasteiger partial charge in [0.1, 0.15) is 5.82 Å². The van der Waals surface area contributed by atoms with Crippen LogP contribution in [0.4, 0.5) is 4.39 Å². The van der Waals surface area contributed by atoms with E-state index in [1.165, 1.54) is 17.7 Å². The summed E-state index contributed by atoms with van der Waals surface area (Å²) in [6.45, 7) is 6.17. The van der Waals surface area contributed by atoms with Crippen molar-refractivity contribution in [2.45, 2.75) is 32.8 Å². The average Bonchev–Trinajstić information content (AvgIpc) is 2.75. The topological polar surface area (TPSA) is 75.1 Å². The van der Waals surface area contributed by atoms with Crippen molar-refractivity contribution in [3.63, 3.8) is 0 Å². The lowest BCUT2D eigenvalue weighted by atomic mass is 10.1. The monoisotopic (exact) mass is 545 g/mol. The lowest BCUT2D eigenvalue weighted by Crippen LogP contribution is -2.38. The summed E-state index contributed by atoms with van der Waals surface area (Å²) in [6.07, 6.45) is 1.01. The van der Waals surface area contributed by atoms with Crippen LogP contribution in [-0.4, -0.2) is 44.4 Å². The third-order valence-corrected chi connectivity index (χ3v) is 4.48. The molecule has 0 saturated carbocycles. The Labute approximate surface area is 201 Å². The van der Waals surface area contributed by atoms with E-state index in [-0.39, 0.29) is 36.3 Å². The number of hydrogen-bond donors (Lipinski definition) is 3. The standard InChI is InChI=1S/C23H32FN3O3.HI/c1-4-25-23(27-16-20(28)18-9-11-19(24)12-10-18)26-14-6-7-17-8-13-21(29-3)22(15-17)30-5-2;/h8-13,15,20,28H,4-7,14,16H2,1-3H3,(H2,25,26,27);1H. The van der Waals surface area contributed by atoms with E-state index in [0.29, 0.717) is 24.7 Å². The molecule has 6 nitrogen and oxygen atoms in total. The van der Waals surface area contributed by atoms with Crippen molar-refractivity contribution in [2.75, 3.05) is 33.4 Å². The highest BCUT2D eigenvalue weighted by Gasteiger charge is 2.08. The zero-order chi connectivity index (χ0) is 21.8. The second kappa shape index (κ2) is 14.9. The van der Waals surface area contributed by atoms with E-state index in [9.17, 15) is 9.50 Å². The van der Waals surface area contributed by atoms with Gasteiger partial charge in [-0.3, -0.25) is 4.99 Å². The molecule has 0 aliphatic heterocycles. The van der Waals surface area contributed by atoms with E-state index in [1.807, 2.05) is 32.0 Å². The van der Waals surface area contributed by atoms with Crippen LogP contribution in [0.5, 0.6) is 11.5 Å². The van der Waals surface area contributed by atoms with Crippen LogP contribution in [0.1, 0.15) is 37.5 Å². The first kappa shape index (κ1) is 27.0. The second-order valence-corrected chi connectivity index (χ2v) is 6.74. The highest BCUT2D eigenvalue weighted by Crippen LogP contribution is 2.28. The van der Waals surface area contributed by atoms with Gasteiger partial charge in [-0.25, -0.2) is 4.39 Å². The molecular weight excluding hydrogens is 512 g/mol. The molecule has 0 radical (unpaired) electrons. The number of aliphatic hydroxyl groups excluding tert-OH is 1. The summed E-state index contributed by atoms with van der Waals surface area (Å²) in [5.41, 5.74) is 1.82. The normalized spacial score (nSPS) is 12.0. The van der Waals surface area contributed by atoms with Gasteiger partial charge in [0.25, 0.3) is 0 Å². The first-order valence-electron chi connectivity index (χ1n) is 10.3. The predicted molar refractivity (Wildman–Crippen MR) is 133 cm³/mol. The Morgan fingerprint density at radius 2 is 1.84 bits per heavy atom. The van der Waals surface area contributed by atoms with Gasteiger partial charge < -0.3 is 25.2 Å². The van der Waals surface area contributed by atoms with Gasteiger partial charge in [0, 0.05) is 13.1 Å². The van der Waals surface area contributed by atoms with Crippen molar-refractivity contribution in [1.82, 2.24) is 10.6 Å². The quantitative estimate of drug-likeness (QED) is 0.172. The zero-order valence-electron chi connectivity index (χ0n) is 18.4. The number of rotatable bonds is 11. The maximum absolute atomic E-state index is 13.0. The molecular formula is C23H33FIN3O3. The summed E-state index contributed by atoms with van der Waals surface area (Å²) in [6, 6.07) is 11.8. The van der Waals surface area contributed by atoms with Crippen LogP contribution in [-0.2, 0) is 6.42 Å². The van der Waals surface area contributed by atoms with Crippen molar-refractivity contribution < 1.29 is 19.0 Å². The fourth-order valence-corrected chi connectivity index (χ4v) is 2.95. The van der Waals surface area contributed by atoms with Crippen molar-refractivity contribution in [3.05, 3.63) is 59.4 Å². The SMILES string of the molecule is CCNC(=NCC(O)c1ccc(F)cc1)NCCCc1ccc(OC)c(OCC)c1.I. The minimum absolute atomic E-state index is 0. The molecule has 1 atom stereocenters. The first-order chi connectivity index (χ1) is 14.6. The number of nitrogens with one attached hydrogen (secondary N) is 2. The number of guanidine groups is 1. The smallest absolute Gasteiger partial charge is 0.191 e. The maximum Gasteiger partial charge on any atom is 0.191 e. The van der Waals surface area contributed by atoms with Crippen molar-refractivity contribution in [2.24, 2.45) is 4.99 Å². The molecule has 0 heterocycles. The maximum atomic E-state index is 13.0. The number of hydrogen-bond acceptors (Lipinski definition) is 4. The molecule has 1 unspecified atom stereocenters. The van der Waals surface area contributed by atoms with Gasteiger partial charge in [-0.05, 0) is 62.1 Å². The third kappa shape index (κ3) is 9.30. The van der Waals surface area contributed by atoms with Crippen LogP contribution in [0.3, 0.4) is 0 Å².